The van der Waals surface area contributed by atoms with E-state index in [0.717, 1.165) is 239 Å². The van der Waals surface area contributed by atoms with Crippen LogP contribution in [0.1, 0.15) is 385 Å². The number of fused-ring (bicyclic) bond motifs is 3. The number of hydrogen-bond acceptors (Lipinski definition) is 6. The molecular weight excluding hydrogens is 1420 g/mol. The van der Waals surface area contributed by atoms with E-state index in [0.29, 0.717) is 78.5 Å². The van der Waals surface area contributed by atoms with Crippen LogP contribution in [0.15, 0.2) is 71.8 Å². The number of carbonyl (C=O) groups excluding carboxylic acids is 6. The van der Waals surface area contributed by atoms with Crippen LogP contribution in [-0.2, 0) is 26.2 Å². The molecule has 0 radical (unpaired) electrons. The third kappa shape index (κ3) is 34.6. The predicted molar refractivity (Wildman–Crippen MR) is 473 cm³/mol. The van der Waals surface area contributed by atoms with Gasteiger partial charge >= 0.3 is 36.2 Å². The van der Waals surface area contributed by atoms with Crippen LogP contribution in [-0.4, -0.2) is 154 Å². The lowest BCUT2D eigenvalue weighted by molar-refractivity contribution is 0.0725. The fourth-order valence-corrected chi connectivity index (χ4v) is 18.4. The van der Waals surface area contributed by atoms with Crippen molar-refractivity contribution in [2.45, 2.75) is 425 Å². The van der Waals surface area contributed by atoms with Gasteiger partial charge in [0.2, 0.25) is 0 Å². The highest BCUT2D eigenvalue weighted by atomic mass is 16.2. The van der Waals surface area contributed by atoms with Gasteiger partial charge in [-0.3, -0.25) is 0 Å². The van der Waals surface area contributed by atoms with E-state index in [4.69, 9.17) is 0 Å². The molecule has 0 aromatic heterocycles. The van der Waals surface area contributed by atoms with Crippen LogP contribution >= 0.6 is 0 Å². The van der Waals surface area contributed by atoms with Crippen molar-refractivity contribution in [2.24, 2.45) is 0 Å². The normalized spacial score (nSPS) is 19.9. The number of hydrogen-bond donors (Lipinski definition) is 6. The molecule has 4 aliphatic heterocycles. The van der Waals surface area contributed by atoms with Gasteiger partial charge < -0.3 is 61.3 Å². The summed E-state index contributed by atoms with van der Waals surface area (Å²) in [5.74, 6) is 0. The van der Waals surface area contributed by atoms with E-state index in [9.17, 15) is 0 Å². The van der Waals surface area contributed by atoms with Crippen LogP contribution in [0.2, 0.25) is 0 Å². The van der Waals surface area contributed by atoms with Gasteiger partial charge in [0.1, 0.15) is 0 Å². The highest BCUT2D eigenvalue weighted by molar-refractivity contribution is 5.79. The summed E-state index contributed by atoms with van der Waals surface area (Å²) in [6.45, 7) is 19.2. The quantitative estimate of drug-likeness (QED) is 0.0358. The van der Waals surface area contributed by atoms with Crippen LogP contribution in [0.3, 0.4) is 0 Å². The Balaban J connectivity index is 1.35. The van der Waals surface area contributed by atoms with Gasteiger partial charge in [-0.25, -0.2) is 28.8 Å². The summed E-state index contributed by atoms with van der Waals surface area (Å²) in [5, 5.41) is 20.5. The second-order valence-electron chi connectivity index (χ2n) is 34.8. The van der Waals surface area contributed by atoms with E-state index < -0.39 is 0 Å². The first-order valence-electron chi connectivity index (χ1n) is 47.7. The number of amides is 12. The molecule has 12 amide bonds. The van der Waals surface area contributed by atoms with Gasteiger partial charge in [-0.05, 0) is 112 Å². The molecule has 8 aliphatic rings. The smallest absolute Gasteiger partial charge is 0.318 e. The number of nitrogens with one attached hydrogen (secondary N) is 6. The van der Waals surface area contributed by atoms with E-state index in [2.05, 4.69) is 164 Å². The lowest BCUT2D eigenvalue weighted by Crippen LogP contribution is -2.60. The highest BCUT2D eigenvalue weighted by Crippen LogP contribution is 2.36. The number of nitrogens with zero attached hydrogens (tertiary/aromatic N) is 6. The average Bonchev–Trinajstić information content (AvgIpc) is 0.804. The standard InChI is InChI=1S/C96H164N12O6/c1-7-13-19-25-31-43-67-97-91(109)103-73-79-55-57-80(58-56-79)75-105(93(111)99-69-45-33-27-21-15-9-3)87-51-39-40-52-88(87)107(95(113)101-71-47-35-29-23-17-11-5)77-83-63-65-84(66-64-83)78-108(96(114)102-72-48-36-30-24-18-12-6)90-54-42-41-53-89(90)106(94(112)100-70-46-34-28-22-16-10-4)76-82-61-59-81(60-62-82)74-104(86-50-38-37-49-85(86)103)92(110)98-68-44-32-26-20-14-8-2/h55-63,65,85-90H,7-54,64,66-78H2,1-6H3,(H,97,109)(H,98,110)(H,99,111)(H,100,112)(H,101,113)(H,102,114). The van der Waals surface area contributed by atoms with Crippen molar-refractivity contribution in [1.82, 2.24) is 61.3 Å². The molecule has 18 heteroatoms. The van der Waals surface area contributed by atoms with Gasteiger partial charge in [0, 0.05) is 78.5 Å². The fourth-order valence-electron chi connectivity index (χ4n) is 18.4. The highest BCUT2D eigenvalue weighted by Gasteiger charge is 2.43. The van der Waals surface area contributed by atoms with Crippen LogP contribution in [0.4, 0.5) is 28.8 Å². The first kappa shape index (κ1) is 94.7. The molecule has 3 fully saturated rings. The molecule has 2 aromatic carbocycles. The minimum absolute atomic E-state index is 0.0790. The summed E-state index contributed by atoms with van der Waals surface area (Å²) in [6.07, 6.45) is 56.3. The Kier molecular flexibility index (Phi) is 47.8. The Morgan fingerprint density at radius 2 is 0.395 bits per heavy atom. The van der Waals surface area contributed by atoms with Crippen LogP contribution in [0, 0.1) is 0 Å². The Labute approximate surface area is 694 Å². The number of benzene rings is 2. The Hall–Kier alpha value is -6.46. The molecule has 6 bridgehead atoms. The minimum atomic E-state index is -0.284. The molecule has 6 unspecified atom stereocenters. The van der Waals surface area contributed by atoms with Crippen molar-refractivity contribution in [1.29, 1.82) is 0 Å². The van der Waals surface area contributed by atoms with E-state index in [1.54, 1.807) is 0 Å². The van der Waals surface area contributed by atoms with E-state index >= 15 is 28.8 Å². The Morgan fingerprint density at radius 3 is 0.561 bits per heavy atom. The lowest BCUT2D eigenvalue weighted by atomic mass is 9.86. The second-order valence-corrected chi connectivity index (χ2v) is 34.8. The first-order chi connectivity index (χ1) is 55.9. The molecular formula is C96H164N12O6. The van der Waals surface area contributed by atoms with Gasteiger partial charge in [-0.15, -0.1) is 0 Å². The van der Waals surface area contributed by atoms with Crippen LogP contribution in [0.25, 0.3) is 0 Å². The maximum absolute atomic E-state index is 15.4. The van der Waals surface area contributed by atoms with Crippen molar-refractivity contribution >= 4 is 36.2 Å². The third-order valence-corrected chi connectivity index (χ3v) is 25.4. The molecule has 644 valence electrons. The van der Waals surface area contributed by atoms with Gasteiger partial charge in [-0.1, -0.05) is 345 Å². The maximum Gasteiger partial charge on any atom is 0.318 e. The zero-order valence-corrected chi connectivity index (χ0v) is 73.2. The molecule has 6 N–H and O–H groups in total. The maximum atomic E-state index is 15.4. The van der Waals surface area contributed by atoms with E-state index in [1.165, 1.54) is 116 Å². The monoisotopic (exact) mass is 1580 g/mol. The molecule has 114 heavy (non-hydrogen) atoms. The zero-order chi connectivity index (χ0) is 81.0. The predicted octanol–water partition coefficient (Wildman–Crippen LogP) is 23.2. The molecule has 4 aliphatic carbocycles. The average molecular weight is 1580 g/mol. The molecule has 4 heterocycles. The molecule has 3 saturated carbocycles. The molecule has 2 aromatic rings. The topological polar surface area (TPSA) is 194 Å². The van der Waals surface area contributed by atoms with Crippen LogP contribution < -0.4 is 31.9 Å². The fraction of sp³-hybridized carbons (Fsp3) is 0.771. The molecule has 0 saturated heterocycles. The minimum Gasteiger partial charge on any atom is -0.338 e. The van der Waals surface area contributed by atoms with Crippen molar-refractivity contribution in [3.8, 4) is 0 Å². The lowest BCUT2D eigenvalue weighted by Gasteiger charge is -2.46. The van der Waals surface area contributed by atoms with Gasteiger partial charge in [0.25, 0.3) is 0 Å². The number of rotatable bonds is 42. The summed E-state index contributed by atoms with van der Waals surface area (Å²) in [5.41, 5.74) is 6.26. The number of urea groups is 6. The Bertz CT molecular complexity index is 2830. The van der Waals surface area contributed by atoms with E-state index in [1.807, 2.05) is 0 Å². The van der Waals surface area contributed by atoms with Crippen molar-refractivity contribution in [3.05, 3.63) is 94.1 Å². The summed E-state index contributed by atoms with van der Waals surface area (Å²) in [4.78, 5) is 105. The molecule has 6 atom stereocenters. The van der Waals surface area contributed by atoms with Crippen molar-refractivity contribution < 1.29 is 28.8 Å². The van der Waals surface area contributed by atoms with Crippen LogP contribution in [0.5, 0.6) is 0 Å². The Morgan fingerprint density at radius 1 is 0.237 bits per heavy atom. The third-order valence-electron chi connectivity index (χ3n) is 25.4. The SMILES string of the molecule is CCCCCCCCNC(=O)N1CC2=CC=C(CC2)CN(C(=O)NCCCCCCCC)C2CCCCC2N(C(=O)NCCCCCCCC)Cc2ccc(cc2)CN(C(=O)NCCCCCCCC)C2CCCCC2N(C(=O)NCCCCCCCC)Cc2ccc(cc2)CN(C(=O)NCCCCCCCC)C2CCCCC21. The largest absolute Gasteiger partial charge is 0.338 e. The molecule has 0 spiro atoms. The summed E-state index contributed by atoms with van der Waals surface area (Å²) in [7, 11) is 0. The summed E-state index contributed by atoms with van der Waals surface area (Å²) < 4.78 is 0. The second kappa shape index (κ2) is 57.6. The summed E-state index contributed by atoms with van der Waals surface area (Å²) >= 11 is 0. The van der Waals surface area contributed by atoms with Gasteiger partial charge in [-0.2, -0.15) is 0 Å². The van der Waals surface area contributed by atoms with Crippen molar-refractivity contribution in [2.75, 3.05) is 52.4 Å². The van der Waals surface area contributed by atoms with Gasteiger partial charge in [0.15, 0.2) is 0 Å². The number of unbranched alkanes of at least 4 members (excludes halogenated alkanes) is 30. The summed E-state index contributed by atoms with van der Waals surface area (Å²) in [6, 6.07) is 15.0. The number of allylic oxidation sites excluding steroid dienone is 2. The zero-order valence-electron chi connectivity index (χ0n) is 73.2. The van der Waals surface area contributed by atoms with Crippen molar-refractivity contribution in [3.63, 3.8) is 0 Å². The van der Waals surface area contributed by atoms with Gasteiger partial charge in [0.05, 0.1) is 36.3 Å². The molecule has 10 rings (SSSR count). The molecule has 18 nitrogen and oxygen atoms in total. The first-order valence-corrected chi connectivity index (χ1v) is 47.7. The number of carbonyl (C=O) groups is 6. The van der Waals surface area contributed by atoms with E-state index in [-0.39, 0.29) is 72.4 Å².